The van der Waals surface area contributed by atoms with Crippen LogP contribution in [0.1, 0.15) is 24.6 Å². The minimum atomic E-state index is 0.353. The van der Waals surface area contributed by atoms with Gasteiger partial charge in [-0.3, -0.25) is 10.1 Å². The third-order valence-electron chi connectivity index (χ3n) is 4.85. The SMILES string of the molecule is Cc1nn(C2CCOCC2)c2ncc(Nc3n[nH]c4cccnc34)cc12. The Bertz CT molecular complexity index is 1080. The fourth-order valence-electron chi connectivity index (χ4n) is 3.50. The molecule has 8 nitrogen and oxygen atoms in total. The Hall–Kier alpha value is -3.00. The van der Waals surface area contributed by atoms with E-state index in [0.29, 0.717) is 11.9 Å². The summed E-state index contributed by atoms with van der Waals surface area (Å²) in [6.45, 7) is 3.59. The summed E-state index contributed by atoms with van der Waals surface area (Å²) in [4.78, 5) is 9.05. The van der Waals surface area contributed by atoms with Gasteiger partial charge in [0.15, 0.2) is 11.5 Å². The smallest absolute Gasteiger partial charge is 0.178 e. The van der Waals surface area contributed by atoms with Crippen LogP contribution in [-0.4, -0.2) is 43.2 Å². The Morgan fingerprint density at radius 2 is 2.15 bits per heavy atom. The molecule has 0 aliphatic carbocycles. The monoisotopic (exact) mass is 349 g/mol. The number of anilines is 2. The van der Waals surface area contributed by atoms with Crippen LogP contribution in [0.3, 0.4) is 0 Å². The van der Waals surface area contributed by atoms with E-state index in [9.17, 15) is 0 Å². The average Bonchev–Trinajstić information content (AvgIpc) is 3.24. The molecule has 0 atom stereocenters. The number of H-pyrrole nitrogens is 1. The highest BCUT2D eigenvalue weighted by Gasteiger charge is 2.21. The summed E-state index contributed by atoms with van der Waals surface area (Å²) in [7, 11) is 0. The molecule has 0 bridgehead atoms. The van der Waals surface area contributed by atoms with Gasteiger partial charge in [0.2, 0.25) is 0 Å². The summed E-state index contributed by atoms with van der Waals surface area (Å²) in [5.41, 5.74) is 4.47. The predicted molar refractivity (Wildman–Crippen MR) is 98.5 cm³/mol. The molecular formula is C18H19N7O. The minimum absolute atomic E-state index is 0.353. The normalized spacial score (nSPS) is 15.7. The zero-order chi connectivity index (χ0) is 17.5. The number of aromatic amines is 1. The number of ether oxygens (including phenoxy) is 1. The van der Waals surface area contributed by atoms with Crippen LogP contribution in [0.2, 0.25) is 0 Å². The van der Waals surface area contributed by atoms with Gasteiger partial charge >= 0.3 is 0 Å². The number of hydrogen-bond acceptors (Lipinski definition) is 6. The van der Waals surface area contributed by atoms with Gasteiger partial charge in [0.1, 0.15) is 5.52 Å². The predicted octanol–water partition coefficient (Wildman–Crippen LogP) is 3.11. The first-order valence-electron chi connectivity index (χ1n) is 8.78. The largest absolute Gasteiger partial charge is 0.381 e. The van der Waals surface area contributed by atoms with Crippen molar-refractivity contribution in [3.63, 3.8) is 0 Å². The number of rotatable bonds is 3. The summed E-state index contributed by atoms with van der Waals surface area (Å²) in [6, 6.07) is 6.26. The molecule has 4 aromatic heterocycles. The summed E-state index contributed by atoms with van der Waals surface area (Å²) in [5.74, 6) is 0.691. The quantitative estimate of drug-likeness (QED) is 0.590. The lowest BCUT2D eigenvalue weighted by molar-refractivity contribution is 0.0672. The number of aryl methyl sites for hydroxylation is 1. The second-order valence-corrected chi connectivity index (χ2v) is 6.57. The van der Waals surface area contributed by atoms with E-state index in [0.717, 1.165) is 59.5 Å². The molecule has 5 heterocycles. The molecule has 1 saturated heterocycles. The van der Waals surface area contributed by atoms with Gasteiger partial charge in [0, 0.05) is 24.8 Å². The van der Waals surface area contributed by atoms with Crippen LogP contribution in [0.4, 0.5) is 11.5 Å². The molecule has 8 heteroatoms. The second-order valence-electron chi connectivity index (χ2n) is 6.57. The Labute approximate surface area is 149 Å². The zero-order valence-electron chi connectivity index (χ0n) is 14.4. The first-order chi connectivity index (χ1) is 12.8. The maximum atomic E-state index is 5.47. The molecule has 4 aromatic rings. The third-order valence-corrected chi connectivity index (χ3v) is 4.85. The highest BCUT2D eigenvalue weighted by molar-refractivity contribution is 5.89. The van der Waals surface area contributed by atoms with E-state index in [-0.39, 0.29) is 0 Å². The molecule has 1 fully saturated rings. The van der Waals surface area contributed by atoms with Crippen molar-refractivity contribution in [1.82, 2.24) is 29.9 Å². The van der Waals surface area contributed by atoms with Gasteiger partial charge in [0.25, 0.3) is 0 Å². The first-order valence-corrected chi connectivity index (χ1v) is 8.78. The molecule has 26 heavy (non-hydrogen) atoms. The van der Waals surface area contributed by atoms with Crippen LogP contribution in [0, 0.1) is 6.92 Å². The number of nitrogens with one attached hydrogen (secondary N) is 2. The van der Waals surface area contributed by atoms with Crippen LogP contribution in [0.5, 0.6) is 0 Å². The Balaban J connectivity index is 1.51. The van der Waals surface area contributed by atoms with Gasteiger partial charge in [0.05, 0.1) is 29.1 Å². The second kappa shape index (κ2) is 6.06. The maximum absolute atomic E-state index is 5.47. The van der Waals surface area contributed by atoms with E-state index < -0.39 is 0 Å². The number of hydrogen-bond donors (Lipinski definition) is 2. The standard InChI is InChI=1S/C18H19N7O/c1-11-14-9-12(21-17-16-15(22-23-17)3-2-6-19-16)10-20-18(14)25(24-11)13-4-7-26-8-5-13/h2-3,6,9-10,13H,4-5,7-8H2,1H3,(H2,21,22,23). The van der Waals surface area contributed by atoms with Crippen molar-refractivity contribution in [2.75, 3.05) is 18.5 Å². The Kier molecular flexibility index (Phi) is 3.56. The van der Waals surface area contributed by atoms with Crippen LogP contribution in [0.15, 0.2) is 30.6 Å². The van der Waals surface area contributed by atoms with E-state index in [1.807, 2.05) is 25.3 Å². The van der Waals surface area contributed by atoms with Gasteiger partial charge in [-0.2, -0.15) is 10.2 Å². The summed E-state index contributed by atoms with van der Waals surface area (Å²) >= 11 is 0. The minimum Gasteiger partial charge on any atom is -0.381 e. The van der Waals surface area contributed by atoms with E-state index in [2.05, 4.69) is 36.2 Å². The average molecular weight is 349 g/mol. The van der Waals surface area contributed by atoms with E-state index in [1.165, 1.54) is 0 Å². The molecule has 0 amide bonds. The van der Waals surface area contributed by atoms with Gasteiger partial charge in [-0.1, -0.05) is 0 Å². The maximum Gasteiger partial charge on any atom is 0.178 e. The van der Waals surface area contributed by atoms with Gasteiger partial charge in [-0.15, -0.1) is 0 Å². The van der Waals surface area contributed by atoms with Crippen LogP contribution >= 0.6 is 0 Å². The molecule has 0 aromatic carbocycles. The van der Waals surface area contributed by atoms with E-state index >= 15 is 0 Å². The van der Waals surface area contributed by atoms with Crippen molar-refractivity contribution >= 4 is 33.6 Å². The third kappa shape index (κ3) is 2.50. The summed E-state index contributed by atoms with van der Waals surface area (Å²) < 4.78 is 7.52. The highest BCUT2D eigenvalue weighted by atomic mass is 16.5. The van der Waals surface area contributed by atoms with Crippen molar-refractivity contribution in [2.45, 2.75) is 25.8 Å². The number of nitrogens with zero attached hydrogens (tertiary/aromatic N) is 5. The van der Waals surface area contributed by atoms with Crippen LogP contribution in [-0.2, 0) is 4.74 Å². The number of pyridine rings is 2. The Morgan fingerprint density at radius 1 is 1.27 bits per heavy atom. The molecule has 0 unspecified atom stereocenters. The Morgan fingerprint density at radius 3 is 3.04 bits per heavy atom. The molecule has 0 spiro atoms. The molecule has 5 rings (SSSR count). The summed E-state index contributed by atoms with van der Waals surface area (Å²) in [6.07, 6.45) is 5.53. The van der Waals surface area contributed by atoms with Gasteiger partial charge < -0.3 is 10.1 Å². The fraction of sp³-hybridized carbons (Fsp3) is 0.333. The zero-order valence-corrected chi connectivity index (χ0v) is 14.4. The van der Waals surface area contributed by atoms with E-state index in [4.69, 9.17) is 9.84 Å². The molecule has 132 valence electrons. The van der Waals surface area contributed by atoms with Crippen LogP contribution in [0.25, 0.3) is 22.1 Å². The topological polar surface area (TPSA) is 93.5 Å². The fourth-order valence-corrected chi connectivity index (χ4v) is 3.50. The van der Waals surface area contributed by atoms with Gasteiger partial charge in [-0.05, 0) is 38.0 Å². The van der Waals surface area contributed by atoms with Crippen molar-refractivity contribution in [3.05, 3.63) is 36.3 Å². The first kappa shape index (κ1) is 15.3. The van der Waals surface area contributed by atoms with Crippen molar-refractivity contribution in [2.24, 2.45) is 0 Å². The highest BCUT2D eigenvalue weighted by Crippen LogP contribution is 2.29. The van der Waals surface area contributed by atoms with Crippen molar-refractivity contribution in [1.29, 1.82) is 0 Å². The lowest BCUT2D eigenvalue weighted by Crippen LogP contribution is -2.20. The summed E-state index contributed by atoms with van der Waals surface area (Å²) in [5, 5.41) is 16.4. The number of fused-ring (bicyclic) bond motifs is 2. The molecule has 2 N–H and O–H groups in total. The number of aromatic nitrogens is 6. The molecule has 1 aliphatic heterocycles. The molecule has 0 saturated carbocycles. The lowest BCUT2D eigenvalue weighted by Gasteiger charge is -2.22. The lowest BCUT2D eigenvalue weighted by atomic mass is 10.1. The van der Waals surface area contributed by atoms with Crippen molar-refractivity contribution < 1.29 is 4.74 Å². The van der Waals surface area contributed by atoms with Crippen molar-refractivity contribution in [3.8, 4) is 0 Å². The molecular weight excluding hydrogens is 330 g/mol. The van der Waals surface area contributed by atoms with E-state index in [1.54, 1.807) is 6.20 Å². The molecule has 1 aliphatic rings. The van der Waals surface area contributed by atoms with Crippen LogP contribution < -0.4 is 5.32 Å². The van der Waals surface area contributed by atoms with Gasteiger partial charge in [-0.25, -0.2) is 9.67 Å². The molecule has 0 radical (unpaired) electrons.